The first-order chi connectivity index (χ1) is 7.72. The van der Waals surface area contributed by atoms with Crippen LogP contribution in [0.15, 0.2) is 16.8 Å². The van der Waals surface area contributed by atoms with E-state index in [-0.39, 0.29) is 11.9 Å². The maximum atomic E-state index is 11.5. The average Bonchev–Trinajstić information content (AvgIpc) is 2.70. The van der Waals surface area contributed by atoms with Gasteiger partial charge in [-0.3, -0.25) is 4.79 Å². The summed E-state index contributed by atoms with van der Waals surface area (Å²) in [5, 5.41) is 10.3. The summed E-state index contributed by atoms with van der Waals surface area (Å²) in [7, 11) is 0. The molecule has 0 aliphatic rings. The Bertz CT molecular complexity index is 298. The number of carbonyl (C=O) groups excluding carboxylic acids is 1. The summed E-state index contributed by atoms with van der Waals surface area (Å²) in [6, 6.07) is 2.30. The topological polar surface area (TPSA) is 41.1 Å². The van der Waals surface area contributed by atoms with E-state index >= 15 is 0 Å². The van der Waals surface area contributed by atoms with Crippen molar-refractivity contribution >= 4 is 17.2 Å². The van der Waals surface area contributed by atoms with Crippen LogP contribution < -0.4 is 10.6 Å². The molecule has 90 valence electrons. The first kappa shape index (κ1) is 13.2. The largest absolute Gasteiger partial charge is 0.352 e. The summed E-state index contributed by atoms with van der Waals surface area (Å²) >= 11 is 1.69. The summed E-state index contributed by atoms with van der Waals surface area (Å²) in [6.07, 6.45) is 1.96. The van der Waals surface area contributed by atoms with Crippen LogP contribution in [0.1, 0.15) is 25.8 Å². The lowest BCUT2D eigenvalue weighted by Gasteiger charge is -2.13. The van der Waals surface area contributed by atoms with Crippen LogP contribution in [-0.4, -0.2) is 25.0 Å². The fourth-order valence-corrected chi connectivity index (χ4v) is 2.20. The average molecular weight is 240 g/mol. The summed E-state index contributed by atoms with van der Waals surface area (Å²) < 4.78 is 0. The van der Waals surface area contributed by atoms with E-state index in [1.165, 1.54) is 5.56 Å². The van der Waals surface area contributed by atoms with Gasteiger partial charge in [0, 0.05) is 6.04 Å². The molecule has 1 rings (SSSR count). The summed E-state index contributed by atoms with van der Waals surface area (Å²) in [5.41, 5.74) is 1.29. The third kappa shape index (κ3) is 5.28. The number of amides is 1. The number of nitrogens with one attached hydrogen (secondary N) is 2. The molecule has 0 aliphatic heterocycles. The quantitative estimate of drug-likeness (QED) is 0.714. The second-order valence-corrected chi connectivity index (χ2v) is 4.76. The fourth-order valence-electron chi connectivity index (χ4n) is 1.52. The van der Waals surface area contributed by atoms with Gasteiger partial charge in [0.15, 0.2) is 0 Å². The Morgan fingerprint density at radius 2 is 2.38 bits per heavy atom. The molecule has 0 bridgehead atoms. The fraction of sp³-hybridized carbons (Fsp3) is 0.583. The smallest absolute Gasteiger partial charge is 0.234 e. The normalized spacial score (nSPS) is 12.4. The number of hydrogen-bond donors (Lipinski definition) is 2. The predicted molar refractivity (Wildman–Crippen MR) is 68.8 cm³/mol. The lowest BCUT2D eigenvalue weighted by Crippen LogP contribution is -2.40. The van der Waals surface area contributed by atoms with Crippen LogP contribution >= 0.6 is 11.3 Å². The zero-order valence-corrected chi connectivity index (χ0v) is 10.8. The minimum atomic E-state index is 0.0798. The first-order valence-electron chi connectivity index (χ1n) is 5.73. The number of thiophene rings is 1. The van der Waals surface area contributed by atoms with Gasteiger partial charge in [0.2, 0.25) is 5.91 Å². The molecule has 0 saturated carbocycles. The Morgan fingerprint density at radius 3 is 3.00 bits per heavy atom. The molecule has 1 aromatic rings. The van der Waals surface area contributed by atoms with Crippen molar-refractivity contribution in [3.05, 3.63) is 22.4 Å². The lowest BCUT2D eigenvalue weighted by atomic mass is 10.1. The van der Waals surface area contributed by atoms with Crippen molar-refractivity contribution < 1.29 is 4.79 Å². The molecule has 0 fully saturated rings. The molecule has 2 N–H and O–H groups in total. The van der Waals surface area contributed by atoms with E-state index in [1.54, 1.807) is 11.3 Å². The van der Waals surface area contributed by atoms with Gasteiger partial charge in [-0.05, 0) is 48.7 Å². The Hall–Kier alpha value is -0.870. The van der Waals surface area contributed by atoms with Crippen molar-refractivity contribution in [3.8, 4) is 0 Å². The minimum Gasteiger partial charge on any atom is -0.352 e. The monoisotopic (exact) mass is 240 g/mol. The van der Waals surface area contributed by atoms with E-state index in [0.29, 0.717) is 6.54 Å². The zero-order valence-electron chi connectivity index (χ0n) is 9.95. The highest BCUT2D eigenvalue weighted by atomic mass is 32.1. The Morgan fingerprint density at radius 1 is 1.56 bits per heavy atom. The van der Waals surface area contributed by atoms with Crippen LogP contribution in [0.4, 0.5) is 0 Å². The first-order valence-corrected chi connectivity index (χ1v) is 6.67. The molecule has 0 radical (unpaired) electrons. The van der Waals surface area contributed by atoms with Crippen LogP contribution in [0.25, 0.3) is 0 Å². The molecule has 1 aromatic heterocycles. The van der Waals surface area contributed by atoms with Crippen LogP contribution in [-0.2, 0) is 11.2 Å². The van der Waals surface area contributed by atoms with Gasteiger partial charge >= 0.3 is 0 Å². The van der Waals surface area contributed by atoms with E-state index in [9.17, 15) is 4.79 Å². The molecule has 4 heteroatoms. The molecule has 1 atom stereocenters. The van der Waals surface area contributed by atoms with Crippen molar-refractivity contribution in [2.45, 2.75) is 32.7 Å². The molecule has 1 heterocycles. The van der Waals surface area contributed by atoms with Crippen LogP contribution in [0.3, 0.4) is 0 Å². The number of hydrogen-bond acceptors (Lipinski definition) is 3. The van der Waals surface area contributed by atoms with Crippen molar-refractivity contribution in [3.63, 3.8) is 0 Å². The maximum absolute atomic E-state index is 11.5. The van der Waals surface area contributed by atoms with Gasteiger partial charge in [-0.1, -0.05) is 6.92 Å². The van der Waals surface area contributed by atoms with Crippen LogP contribution in [0.5, 0.6) is 0 Å². The second kappa shape index (κ2) is 7.41. The molecule has 1 amide bonds. The van der Waals surface area contributed by atoms with Crippen LogP contribution in [0.2, 0.25) is 0 Å². The highest BCUT2D eigenvalue weighted by Gasteiger charge is 2.07. The van der Waals surface area contributed by atoms with E-state index < -0.39 is 0 Å². The van der Waals surface area contributed by atoms with Gasteiger partial charge < -0.3 is 10.6 Å². The van der Waals surface area contributed by atoms with E-state index in [2.05, 4.69) is 34.4 Å². The van der Waals surface area contributed by atoms with Crippen molar-refractivity contribution in [2.24, 2.45) is 0 Å². The van der Waals surface area contributed by atoms with Gasteiger partial charge in [0.25, 0.3) is 0 Å². The zero-order chi connectivity index (χ0) is 11.8. The van der Waals surface area contributed by atoms with Gasteiger partial charge in [-0.15, -0.1) is 0 Å². The van der Waals surface area contributed by atoms with Crippen molar-refractivity contribution in [2.75, 3.05) is 13.1 Å². The van der Waals surface area contributed by atoms with E-state index in [4.69, 9.17) is 0 Å². The van der Waals surface area contributed by atoms with E-state index in [0.717, 1.165) is 19.4 Å². The third-order valence-electron chi connectivity index (χ3n) is 2.24. The lowest BCUT2D eigenvalue weighted by molar-refractivity contribution is -0.120. The summed E-state index contributed by atoms with van der Waals surface area (Å²) in [6.45, 7) is 5.44. The molecule has 0 aromatic carbocycles. The maximum Gasteiger partial charge on any atom is 0.234 e. The Labute approximate surface area is 101 Å². The predicted octanol–water partition coefficient (Wildman–Crippen LogP) is 1.79. The number of rotatable bonds is 7. The summed E-state index contributed by atoms with van der Waals surface area (Å²) in [4.78, 5) is 11.5. The molecule has 3 nitrogen and oxygen atoms in total. The van der Waals surface area contributed by atoms with Gasteiger partial charge in [-0.2, -0.15) is 11.3 Å². The van der Waals surface area contributed by atoms with Crippen LogP contribution in [0, 0.1) is 0 Å². The highest BCUT2D eigenvalue weighted by molar-refractivity contribution is 7.07. The molecular formula is C12H20N2OS. The third-order valence-corrected chi connectivity index (χ3v) is 2.97. The standard InChI is InChI=1S/C12H20N2OS/c1-3-5-13-8-12(15)14-10(2)7-11-4-6-16-9-11/h4,6,9-10,13H,3,5,7-8H2,1-2H3,(H,14,15). The van der Waals surface area contributed by atoms with Crippen molar-refractivity contribution in [1.29, 1.82) is 0 Å². The molecule has 0 aliphatic carbocycles. The Kier molecular flexibility index (Phi) is 6.11. The number of carbonyl (C=O) groups is 1. The SMILES string of the molecule is CCCNCC(=O)NC(C)Cc1ccsc1. The van der Waals surface area contributed by atoms with Gasteiger partial charge in [-0.25, -0.2) is 0 Å². The molecule has 0 saturated heterocycles. The highest BCUT2D eigenvalue weighted by Crippen LogP contribution is 2.08. The summed E-state index contributed by atoms with van der Waals surface area (Å²) in [5.74, 6) is 0.0798. The minimum absolute atomic E-state index is 0.0798. The molecule has 16 heavy (non-hydrogen) atoms. The second-order valence-electron chi connectivity index (χ2n) is 3.98. The molecule has 0 spiro atoms. The van der Waals surface area contributed by atoms with E-state index in [1.807, 2.05) is 6.92 Å². The van der Waals surface area contributed by atoms with Gasteiger partial charge in [0.1, 0.15) is 0 Å². The Balaban J connectivity index is 2.18. The van der Waals surface area contributed by atoms with Crippen molar-refractivity contribution in [1.82, 2.24) is 10.6 Å². The molecule has 1 unspecified atom stereocenters. The molecular weight excluding hydrogens is 220 g/mol. The van der Waals surface area contributed by atoms with Gasteiger partial charge in [0.05, 0.1) is 6.54 Å².